The molecule has 2 aromatic carbocycles. The highest BCUT2D eigenvalue weighted by Crippen LogP contribution is 2.25. The molecule has 0 aliphatic carbocycles. The maximum Gasteiger partial charge on any atom is 0.292 e. The van der Waals surface area contributed by atoms with Crippen molar-refractivity contribution >= 4 is 28.9 Å². The Hall–Kier alpha value is -3.55. The van der Waals surface area contributed by atoms with Crippen molar-refractivity contribution in [3.05, 3.63) is 79.9 Å². The van der Waals surface area contributed by atoms with E-state index in [0.29, 0.717) is 11.3 Å². The van der Waals surface area contributed by atoms with Gasteiger partial charge in [-0.15, -0.1) is 0 Å². The Morgan fingerprint density at radius 3 is 2.25 bits per heavy atom. The minimum atomic E-state index is -0.549. The molecule has 0 heterocycles. The van der Waals surface area contributed by atoms with Crippen molar-refractivity contribution in [1.29, 1.82) is 0 Å². The van der Waals surface area contributed by atoms with E-state index in [1.807, 2.05) is 0 Å². The van der Waals surface area contributed by atoms with Crippen LogP contribution in [-0.4, -0.2) is 22.7 Å². The van der Waals surface area contributed by atoms with Gasteiger partial charge in [0.15, 0.2) is 5.78 Å². The van der Waals surface area contributed by atoms with E-state index in [0.717, 1.165) is 0 Å². The van der Waals surface area contributed by atoms with Crippen molar-refractivity contribution in [2.75, 3.05) is 12.4 Å². The molecule has 0 aromatic heterocycles. The van der Waals surface area contributed by atoms with E-state index in [2.05, 4.69) is 5.32 Å². The van der Waals surface area contributed by atoms with Crippen LogP contribution in [0, 0.1) is 20.2 Å². The van der Waals surface area contributed by atoms with Gasteiger partial charge in [-0.1, -0.05) is 12.1 Å². The molecule has 8 heteroatoms. The third kappa shape index (κ3) is 3.80. The molecule has 0 unspecified atom stereocenters. The van der Waals surface area contributed by atoms with E-state index >= 15 is 0 Å². The van der Waals surface area contributed by atoms with Gasteiger partial charge in [0.25, 0.3) is 11.4 Å². The maximum absolute atomic E-state index is 12.0. The van der Waals surface area contributed by atoms with Crippen molar-refractivity contribution in [3.63, 3.8) is 0 Å². The van der Waals surface area contributed by atoms with Crippen molar-refractivity contribution in [1.82, 2.24) is 0 Å². The number of anilines is 1. The Labute approximate surface area is 136 Å². The molecule has 8 nitrogen and oxygen atoms in total. The summed E-state index contributed by atoms with van der Waals surface area (Å²) in [5.41, 5.74) is 0.962. The summed E-state index contributed by atoms with van der Waals surface area (Å²) in [5.74, 6) is -0.356. The fourth-order valence-corrected chi connectivity index (χ4v) is 2.03. The van der Waals surface area contributed by atoms with Crippen molar-refractivity contribution in [2.45, 2.75) is 0 Å². The molecule has 0 bridgehead atoms. The smallest absolute Gasteiger partial charge is 0.292 e. The topological polar surface area (TPSA) is 115 Å². The minimum Gasteiger partial charge on any atom is -0.383 e. The number of ketones is 1. The van der Waals surface area contributed by atoms with Crippen molar-refractivity contribution in [2.24, 2.45) is 0 Å². The molecule has 0 aliphatic rings. The first-order chi connectivity index (χ1) is 11.4. The molecule has 0 radical (unpaired) electrons. The highest BCUT2D eigenvalue weighted by atomic mass is 16.6. The number of allylic oxidation sites excluding steroid dienone is 1. The second-order valence-corrected chi connectivity index (χ2v) is 4.79. The number of non-ortho nitro benzene ring substituents is 1. The molecule has 0 saturated carbocycles. The monoisotopic (exact) mass is 327 g/mol. The number of benzene rings is 2. The molecule has 0 saturated heterocycles. The first kappa shape index (κ1) is 16.8. The van der Waals surface area contributed by atoms with Gasteiger partial charge < -0.3 is 5.32 Å². The number of hydrogen-bond acceptors (Lipinski definition) is 6. The van der Waals surface area contributed by atoms with E-state index < -0.39 is 9.85 Å². The Morgan fingerprint density at radius 2 is 1.71 bits per heavy atom. The van der Waals surface area contributed by atoms with Gasteiger partial charge >= 0.3 is 0 Å². The van der Waals surface area contributed by atoms with E-state index in [1.165, 1.54) is 42.5 Å². The van der Waals surface area contributed by atoms with E-state index in [9.17, 15) is 25.0 Å². The van der Waals surface area contributed by atoms with Gasteiger partial charge in [-0.3, -0.25) is 25.0 Å². The summed E-state index contributed by atoms with van der Waals surface area (Å²) in [4.78, 5) is 32.6. The third-order valence-electron chi connectivity index (χ3n) is 3.28. The molecule has 0 aliphatic heterocycles. The fraction of sp³-hybridized carbons (Fsp3) is 0.0625. The lowest BCUT2D eigenvalue weighted by Gasteiger charge is -2.02. The molecule has 1 N–H and O–H groups in total. The lowest BCUT2D eigenvalue weighted by atomic mass is 10.1. The zero-order chi connectivity index (χ0) is 17.7. The average molecular weight is 327 g/mol. The minimum absolute atomic E-state index is 0.0950. The van der Waals surface area contributed by atoms with Gasteiger partial charge in [0.2, 0.25) is 0 Å². The quantitative estimate of drug-likeness (QED) is 0.376. The van der Waals surface area contributed by atoms with E-state index in [1.54, 1.807) is 19.2 Å². The number of nitrogens with one attached hydrogen (secondary N) is 1. The Kier molecular flexibility index (Phi) is 5.00. The van der Waals surface area contributed by atoms with E-state index in [4.69, 9.17) is 0 Å². The van der Waals surface area contributed by atoms with Crippen LogP contribution >= 0.6 is 0 Å². The lowest BCUT2D eigenvalue weighted by molar-refractivity contribution is -0.384. The van der Waals surface area contributed by atoms with Crippen LogP contribution in [0.5, 0.6) is 0 Å². The predicted molar refractivity (Wildman–Crippen MR) is 89.1 cm³/mol. The summed E-state index contributed by atoms with van der Waals surface area (Å²) in [5, 5.41) is 24.3. The van der Waals surface area contributed by atoms with Crippen LogP contribution in [0.1, 0.15) is 15.9 Å². The Morgan fingerprint density at radius 1 is 1.04 bits per heavy atom. The fourth-order valence-electron chi connectivity index (χ4n) is 2.03. The molecule has 0 spiro atoms. The number of nitro benzene ring substituents is 2. The lowest BCUT2D eigenvalue weighted by Crippen LogP contribution is -1.97. The van der Waals surface area contributed by atoms with Crippen LogP contribution in [-0.2, 0) is 0 Å². The number of carbonyl (C=O) groups excluding carboxylic acids is 1. The molecular formula is C16H13N3O5. The summed E-state index contributed by atoms with van der Waals surface area (Å²) < 4.78 is 0. The first-order valence-corrected chi connectivity index (χ1v) is 6.85. The first-order valence-electron chi connectivity index (χ1n) is 6.85. The molecule has 0 fully saturated rings. The second-order valence-electron chi connectivity index (χ2n) is 4.79. The molecular weight excluding hydrogens is 314 g/mol. The molecule has 0 atom stereocenters. The molecule has 2 aromatic rings. The van der Waals surface area contributed by atoms with Crippen molar-refractivity contribution < 1.29 is 14.6 Å². The summed E-state index contributed by atoms with van der Waals surface area (Å²) >= 11 is 0. The van der Waals surface area contributed by atoms with Gasteiger partial charge in [0.1, 0.15) is 5.69 Å². The third-order valence-corrected chi connectivity index (χ3v) is 3.28. The summed E-state index contributed by atoms with van der Waals surface area (Å²) in [6.07, 6.45) is 2.72. The number of nitro groups is 2. The summed E-state index contributed by atoms with van der Waals surface area (Å²) in [6.45, 7) is 0. The summed E-state index contributed by atoms with van der Waals surface area (Å²) in [6, 6.07) is 9.74. The van der Waals surface area contributed by atoms with Crippen LogP contribution in [0.15, 0.2) is 48.5 Å². The average Bonchev–Trinajstić information content (AvgIpc) is 2.59. The Balaban J connectivity index is 2.20. The molecule has 0 amide bonds. The van der Waals surface area contributed by atoms with Crippen LogP contribution < -0.4 is 5.32 Å². The van der Waals surface area contributed by atoms with Gasteiger partial charge in [-0.05, 0) is 29.8 Å². The van der Waals surface area contributed by atoms with Crippen LogP contribution in [0.25, 0.3) is 6.08 Å². The SMILES string of the molecule is CNc1ccc(C=CC(=O)c2ccc([N+](=O)[O-])cc2)cc1[N+](=O)[O-]. The van der Waals surface area contributed by atoms with Crippen LogP contribution in [0.2, 0.25) is 0 Å². The highest BCUT2D eigenvalue weighted by Gasteiger charge is 2.13. The largest absolute Gasteiger partial charge is 0.383 e. The number of nitrogens with zero attached hydrogens (tertiary/aromatic N) is 2. The molecule has 2 rings (SSSR count). The van der Waals surface area contributed by atoms with Gasteiger partial charge in [0, 0.05) is 30.8 Å². The standard InChI is InChI=1S/C16H13N3O5/c1-17-14-8-2-11(10-15(14)19(23)24)3-9-16(20)12-4-6-13(7-5-12)18(21)22/h2-10,17H,1H3. The molecule has 24 heavy (non-hydrogen) atoms. The number of rotatable bonds is 6. The summed E-state index contributed by atoms with van der Waals surface area (Å²) in [7, 11) is 1.58. The van der Waals surface area contributed by atoms with Crippen LogP contribution in [0.3, 0.4) is 0 Å². The van der Waals surface area contributed by atoms with Gasteiger partial charge in [0.05, 0.1) is 9.85 Å². The maximum atomic E-state index is 12.0. The zero-order valence-electron chi connectivity index (χ0n) is 12.6. The van der Waals surface area contributed by atoms with Gasteiger partial charge in [-0.25, -0.2) is 0 Å². The normalized spacial score (nSPS) is 10.5. The number of hydrogen-bond donors (Lipinski definition) is 1. The second kappa shape index (κ2) is 7.14. The number of carbonyl (C=O) groups is 1. The predicted octanol–water partition coefficient (Wildman–Crippen LogP) is 3.44. The highest BCUT2D eigenvalue weighted by molar-refractivity contribution is 6.06. The molecule has 122 valence electrons. The van der Waals surface area contributed by atoms with E-state index in [-0.39, 0.29) is 22.7 Å². The van der Waals surface area contributed by atoms with Gasteiger partial charge in [-0.2, -0.15) is 0 Å². The Bertz CT molecular complexity index is 828. The van der Waals surface area contributed by atoms with Crippen molar-refractivity contribution in [3.8, 4) is 0 Å². The zero-order valence-corrected chi connectivity index (χ0v) is 12.6. The van der Waals surface area contributed by atoms with Crippen LogP contribution in [0.4, 0.5) is 17.1 Å².